The Hall–Kier alpha value is -3.84. The molecule has 4 aromatic rings. The minimum atomic E-state index is -0.454. The molecule has 0 atom stereocenters. The fourth-order valence-corrected chi connectivity index (χ4v) is 4.49. The van der Waals surface area contributed by atoms with Gasteiger partial charge >= 0.3 is 0 Å². The summed E-state index contributed by atoms with van der Waals surface area (Å²) in [4.78, 5) is 43.3. The Bertz CT molecular complexity index is 1260. The Balaban J connectivity index is 1.39. The van der Waals surface area contributed by atoms with Crippen molar-refractivity contribution in [2.45, 2.75) is 0 Å². The third-order valence-corrected chi connectivity index (χ3v) is 5.98. The van der Waals surface area contributed by atoms with Crippen molar-refractivity contribution >= 4 is 45.0 Å². The second-order valence-corrected chi connectivity index (χ2v) is 7.85. The van der Waals surface area contributed by atoms with E-state index in [4.69, 9.17) is 0 Å². The van der Waals surface area contributed by atoms with Crippen LogP contribution < -0.4 is 5.32 Å². The van der Waals surface area contributed by atoms with Gasteiger partial charge in [-0.15, -0.1) is 11.3 Å². The summed E-state index contributed by atoms with van der Waals surface area (Å²) in [6.07, 6.45) is 0. The predicted octanol–water partition coefficient (Wildman–Crippen LogP) is 4.20. The van der Waals surface area contributed by atoms with Crippen molar-refractivity contribution in [1.82, 2.24) is 9.88 Å². The molecule has 5 rings (SSSR count). The van der Waals surface area contributed by atoms with E-state index in [9.17, 15) is 14.4 Å². The number of aromatic nitrogens is 1. The molecule has 0 radical (unpaired) electrons. The van der Waals surface area contributed by atoms with Crippen LogP contribution in [0.3, 0.4) is 0 Å². The van der Waals surface area contributed by atoms with Crippen molar-refractivity contribution in [3.05, 3.63) is 83.9 Å². The molecular weight excluding hydrogens is 398 g/mol. The number of nitrogens with zero attached hydrogens (tertiary/aromatic N) is 2. The first kappa shape index (κ1) is 18.2. The standard InChI is InChI=1S/C23H15N3O3S/c27-20(13-26-22(28)14-7-1-2-8-15(14)23(26)29)24-17-10-4-3-9-16(17)21-25-18-11-5-6-12-19(18)30-21/h1-12H,13H2,(H,24,27). The molecule has 3 amide bonds. The summed E-state index contributed by atoms with van der Waals surface area (Å²) in [5.74, 6) is -1.35. The molecule has 6 nitrogen and oxygen atoms in total. The van der Waals surface area contributed by atoms with Crippen LogP contribution >= 0.6 is 11.3 Å². The van der Waals surface area contributed by atoms with Crippen LogP contribution in [0.4, 0.5) is 5.69 Å². The zero-order chi connectivity index (χ0) is 20.7. The lowest BCUT2D eigenvalue weighted by Crippen LogP contribution is -2.37. The van der Waals surface area contributed by atoms with Crippen molar-refractivity contribution < 1.29 is 14.4 Å². The van der Waals surface area contributed by atoms with Crippen LogP contribution in [0.15, 0.2) is 72.8 Å². The third kappa shape index (κ3) is 3.05. The number of rotatable bonds is 4. The van der Waals surface area contributed by atoms with Gasteiger partial charge in [0.15, 0.2) is 0 Å². The third-order valence-electron chi connectivity index (χ3n) is 4.91. The number of carbonyl (C=O) groups excluding carboxylic acids is 3. The number of imide groups is 1. The Kier molecular flexibility index (Phi) is 4.37. The number of fused-ring (bicyclic) bond motifs is 2. The van der Waals surface area contributed by atoms with E-state index in [1.54, 1.807) is 30.3 Å². The van der Waals surface area contributed by atoms with E-state index in [1.165, 1.54) is 11.3 Å². The van der Waals surface area contributed by atoms with E-state index >= 15 is 0 Å². The Morgan fingerprint density at radius 1 is 0.833 bits per heavy atom. The monoisotopic (exact) mass is 413 g/mol. The van der Waals surface area contributed by atoms with Gasteiger partial charge in [0.25, 0.3) is 11.8 Å². The lowest BCUT2D eigenvalue weighted by Gasteiger charge is -2.15. The molecule has 0 fully saturated rings. The summed E-state index contributed by atoms with van der Waals surface area (Å²) in [7, 11) is 0. The number of hydrogen-bond donors (Lipinski definition) is 1. The molecule has 0 aliphatic carbocycles. The number of thiazole rings is 1. The largest absolute Gasteiger partial charge is 0.324 e. The smallest absolute Gasteiger partial charge is 0.262 e. The van der Waals surface area contributed by atoms with Crippen molar-refractivity contribution in [3.8, 4) is 10.6 Å². The Morgan fingerprint density at radius 3 is 2.13 bits per heavy atom. The number of para-hydroxylation sites is 2. The van der Waals surface area contributed by atoms with E-state index in [0.717, 1.165) is 25.7 Å². The van der Waals surface area contributed by atoms with Gasteiger partial charge in [0.2, 0.25) is 5.91 Å². The van der Waals surface area contributed by atoms with Gasteiger partial charge in [-0.25, -0.2) is 4.98 Å². The SMILES string of the molecule is O=C(CN1C(=O)c2ccccc2C1=O)Nc1ccccc1-c1nc2ccccc2s1. The molecule has 0 bridgehead atoms. The molecule has 0 spiro atoms. The summed E-state index contributed by atoms with van der Waals surface area (Å²) in [6, 6.07) is 21.8. The summed E-state index contributed by atoms with van der Waals surface area (Å²) < 4.78 is 1.06. The minimum Gasteiger partial charge on any atom is -0.324 e. The number of amides is 3. The highest BCUT2D eigenvalue weighted by Crippen LogP contribution is 2.34. The number of carbonyl (C=O) groups is 3. The number of benzene rings is 3. The van der Waals surface area contributed by atoms with Crippen LogP contribution in [0, 0.1) is 0 Å². The first-order valence-corrected chi connectivity index (χ1v) is 10.1. The zero-order valence-corrected chi connectivity index (χ0v) is 16.5. The number of hydrogen-bond acceptors (Lipinski definition) is 5. The number of anilines is 1. The predicted molar refractivity (Wildman–Crippen MR) is 115 cm³/mol. The molecule has 146 valence electrons. The quantitative estimate of drug-likeness (QED) is 0.509. The molecular formula is C23H15N3O3S. The van der Waals surface area contributed by atoms with Gasteiger partial charge in [0, 0.05) is 5.56 Å². The molecule has 2 heterocycles. The molecule has 1 aromatic heterocycles. The van der Waals surface area contributed by atoms with Crippen LogP contribution in [0.1, 0.15) is 20.7 Å². The molecule has 3 aromatic carbocycles. The van der Waals surface area contributed by atoms with Crippen LogP contribution in [-0.2, 0) is 4.79 Å². The van der Waals surface area contributed by atoms with E-state index in [0.29, 0.717) is 16.8 Å². The summed E-state index contributed by atoms with van der Waals surface area (Å²) in [5.41, 5.74) is 2.91. The average molecular weight is 413 g/mol. The minimum absolute atomic E-state index is 0.324. The van der Waals surface area contributed by atoms with E-state index in [1.807, 2.05) is 42.5 Å². The zero-order valence-electron chi connectivity index (χ0n) is 15.7. The second-order valence-electron chi connectivity index (χ2n) is 6.82. The van der Waals surface area contributed by atoms with E-state index in [-0.39, 0.29) is 6.54 Å². The van der Waals surface area contributed by atoms with E-state index < -0.39 is 17.7 Å². The molecule has 1 aliphatic heterocycles. The highest BCUT2D eigenvalue weighted by molar-refractivity contribution is 7.21. The van der Waals surface area contributed by atoms with Crippen LogP contribution in [0.25, 0.3) is 20.8 Å². The average Bonchev–Trinajstić information content (AvgIpc) is 3.30. The van der Waals surface area contributed by atoms with Gasteiger partial charge in [0.1, 0.15) is 11.6 Å². The van der Waals surface area contributed by atoms with Gasteiger partial charge in [0.05, 0.1) is 27.0 Å². The maximum absolute atomic E-state index is 12.7. The van der Waals surface area contributed by atoms with Crippen LogP contribution in [0.5, 0.6) is 0 Å². The fraction of sp³-hybridized carbons (Fsp3) is 0.0435. The van der Waals surface area contributed by atoms with Gasteiger partial charge in [-0.1, -0.05) is 36.4 Å². The van der Waals surface area contributed by atoms with Crippen LogP contribution in [-0.4, -0.2) is 34.2 Å². The molecule has 1 N–H and O–H groups in total. The maximum Gasteiger partial charge on any atom is 0.262 e. The molecule has 7 heteroatoms. The Labute approximate surface area is 175 Å². The summed E-state index contributed by atoms with van der Waals surface area (Å²) in [6.45, 7) is -0.347. The van der Waals surface area contributed by atoms with Crippen molar-refractivity contribution in [3.63, 3.8) is 0 Å². The van der Waals surface area contributed by atoms with Crippen LogP contribution in [0.2, 0.25) is 0 Å². The van der Waals surface area contributed by atoms with Gasteiger partial charge < -0.3 is 5.32 Å². The van der Waals surface area contributed by atoms with Crippen molar-refractivity contribution in [1.29, 1.82) is 0 Å². The second kappa shape index (κ2) is 7.20. The Morgan fingerprint density at radius 2 is 1.43 bits per heavy atom. The molecule has 1 aliphatic rings. The highest BCUT2D eigenvalue weighted by atomic mass is 32.1. The molecule has 0 saturated heterocycles. The molecule has 0 saturated carbocycles. The van der Waals surface area contributed by atoms with Gasteiger partial charge in [-0.3, -0.25) is 19.3 Å². The lowest BCUT2D eigenvalue weighted by atomic mass is 10.1. The number of nitrogens with one attached hydrogen (secondary N) is 1. The normalized spacial score (nSPS) is 13.0. The highest BCUT2D eigenvalue weighted by Gasteiger charge is 2.36. The first-order chi connectivity index (χ1) is 14.6. The summed E-state index contributed by atoms with van der Waals surface area (Å²) >= 11 is 1.54. The van der Waals surface area contributed by atoms with Crippen molar-refractivity contribution in [2.24, 2.45) is 0 Å². The van der Waals surface area contributed by atoms with E-state index in [2.05, 4.69) is 10.3 Å². The lowest BCUT2D eigenvalue weighted by molar-refractivity contribution is -0.116. The fourth-order valence-electron chi connectivity index (χ4n) is 3.48. The molecule has 30 heavy (non-hydrogen) atoms. The summed E-state index contributed by atoms with van der Waals surface area (Å²) in [5, 5.41) is 3.61. The van der Waals surface area contributed by atoms with Crippen molar-refractivity contribution in [2.75, 3.05) is 11.9 Å². The van der Waals surface area contributed by atoms with Gasteiger partial charge in [-0.2, -0.15) is 0 Å². The first-order valence-electron chi connectivity index (χ1n) is 9.32. The maximum atomic E-state index is 12.7. The van der Waals surface area contributed by atoms with Gasteiger partial charge in [-0.05, 0) is 36.4 Å². The topological polar surface area (TPSA) is 79.4 Å². The molecule has 0 unspecified atom stereocenters.